The summed E-state index contributed by atoms with van der Waals surface area (Å²) >= 11 is 0. The van der Waals surface area contributed by atoms with E-state index in [1.807, 2.05) is 0 Å². The molecule has 14 rings (SSSR count). The Morgan fingerprint density at radius 1 is 0.260 bits per heavy atom. The molecular weight excluding hydrogens is 929 g/mol. The molecule has 0 saturated carbocycles. The van der Waals surface area contributed by atoms with Gasteiger partial charge in [0.1, 0.15) is 0 Å². The molecule has 0 amide bonds. The van der Waals surface area contributed by atoms with E-state index in [9.17, 15) is 0 Å². The number of benzene rings is 12. The molecule has 0 radical (unpaired) electrons. The van der Waals surface area contributed by atoms with Crippen LogP contribution in [0.25, 0.3) is 105 Å². The summed E-state index contributed by atoms with van der Waals surface area (Å²) in [4.78, 5) is 2.42. The summed E-state index contributed by atoms with van der Waals surface area (Å²) in [5.41, 5.74) is 26.4. The SMILES string of the molecule is CC1(C)c2cc(N(c3ccc(-c4ccc(-c5ccccc5)cc4)cc3)c3ccc(-c4ccc(-c5ccccc5)cc4)cc3)ccc2-c2ccc(-n3c4ccccc4c4cc(-c5ccccc5-c5ccccc5)ccc43)cc21. The van der Waals surface area contributed by atoms with E-state index in [1.54, 1.807) is 0 Å². The second kappa shape index (κ2) is 18.9. The maximum atomic E-state index is 2.46. The van der Waals surface area contributed by atoms with Crippen LogP contribution in [0.5, 0.6) is 0 Å². The first-order chi connectivity index (χ1) is 37.9. The number of hydrogen-bond donors (Lipinski definition) is 0. The van der Waals surface area contributed by atoms with Gasteiger partial charge in [0.05, 0.1) is 11.0 Å². The van der Waals surface area contributed by atoms with Crippen molar-refractivity contribution >= 4 is 38.9 Å². The Morgan fingerprint density at radius 2 is 0.636 bits per heavy atom. The first kappa shape index (κ1) is 45.8. The zero-order chi connectivity index (χ0) is 51.5. The van der Waals surface area contributed by atoms with Crippen LogP contribution in [0.15, 0.2) is 291 Å². The van der Waals surface area contributed by atoms with Gasteiger partial charge in [-0.25, -0.2) is 0 Å². The van der Waals surface area contributed by atoms with Crippen LogP contribution in [-0.2, 0) is 5.41 Å². The predicted molar refractivity (Wildman–Crippen MR) is 326 cm³/mol. The molecule has 1 heterocycles. The van der Waals surface area contributed by atoms with Crippen molar-refractivity contribution in [3.8, 4) is 83.6 Å². The summed E-state index contributed by atoms with van der Waals surface area (Å²) in [5.74, 6) is 0. The van der Waals surface area contributed by atoms with Crippen LogP contribution in [0.4, 0.5) is 17.1 Å². The first-order valence-corrected chi connectivity index (χ1v) is 26.7. The van der Waals surface area contributed by atoms with E-state index in [-0.39, 0.29) is 5.41 Å². The van der Waals surface area contributed by atoms with Crippen molar-refractivity contribution in [1.29, 1.82) is 0 Å². The topological polar surface area (TPSA) is 8.17 Å². The zero-order valence-corrected chi connectivity index (χ0v) is 43.1. The fourth-order valence-electron chi connectivity index (χ4n) is 12.0. The van der Waals surface area contributed by atoms with Crippen LogP contribution in [0, 0.1) is 0 Å². The summed E-state index contributed by atoms with van der Waals surface area (Å²) in [6.45, 7) is 4.79. The minimum Gasteiger partial charge on any atom is -0.310 e. The fraction of sp³-hybridized carbons (Fsp3) is 0.0400. The number of hydrogen-bond acceptors (Lipinski definition) is 1. The maximum Gasteiger partial charge on any atom is 0.0541 e. The van der Waals surface area contributed by atoms with Crippen LogP contribution in [0.1, 0.15) is 25.0 Å². The van der Waals surface area contributed by atoms with Crippen LogP contribution < -0.4 is 4.90 Å². The number of aromatic nitrogens is 1. The fourth-order valence-corrected chi connectivity index (χ4v) is 12.0. The third kappa shape index (κ3) is 8.14. The lowest BCUT2D eigenvalue weighted by Gasteiger charge is -2.28. The molecule has 0 fully saturated rings. The molecule has 2 heteroatoms. The summed E-state index contributed by atoms with van der Waals surface area (Å²) < 4.78 is 2.46. The van der Waals surface area contributed by atoms with E-state index in [1.165, 1.54) is 117 Å². The van der Waals surface area contributed by atoms with Crippen molar-refractivity contribution in [2.45, 2.75) is 19.3 Å². The average Bonchev–Trinajstić information content (AvgIpc) is 4.10. The molecule has 0 unspecified atom stereocenters. The third-order valence-electron chi connectivity index (χ3n) is 16.1. The van der Waals surface area contributed by atoms with Gasteiger partial charge < -0.3 is 9.47 Å². The van der Waals surface area contributed by atoms with Gasteiger partial charge in [0, 0.05) is 38.9 Å². The van der Waals surface area contributed by atoms with Gasteiger partial charge in [-0.05, 0) is 156 Å². The van der Waals surface area contributed by atoms with Crippen LogP contribution in [0.3, 0.4) is 0 Å². The highest BCUT2D eigenvalue weighted by Crippen LogP contribution is 2.52. The van der Waals surface area contributed by atoms with Crippen molar-refractivity contribution in [1.82, 2.24) is 4.57 Å². The third-order valence-corrected chi connectivity index (χ3v) is 16.1. The molecule has 0 bridgehead atoms. The van der Waals surface area contributed by atoms with Crippen molar-refractivity contribution in [3.05, 3.63) is 302 Å². The van der Waals surface area contributed by atoms with Crippen LogP contribution in [0.2, 0.25) is 0 Å². The minimum absolute atomic E-state index is 0.277. The molecule has 2 nitrogen and oxygen atoms in total. The highest BCUT2D eigenvalue weighted by Gasteiger charge is 2.37. The van der Waals surface area contributed by atoms with Gasteiger partial charge in [-0.3, -0.25) is 0 Å². The predicted octanol–water partition coefficient (Wildman–Crippen LogP) is 20.6. The van der Waals surface area contributed by atoms with Crippen molar-refractivity contribution < 1.29 is 0 Å². The van der Waals surface area contributed by atoms with Gasteiger partial charge in [-0.15, -0.1) is 0 Å². The van der Waals surface area contributed by atoms with Crippen LogP contribution in [-0.4, -0.2) is 4.57 Å². The highest BCUT2D eigenvalue weighted by atomic mass is 15.1. The van der Waals surface area contributed by atoms with Gasteiger partial charge in [0.2, 0.25) is 0 Å². The summed E-state index contributed by atoms with van der Waals surface area (Å²) in [5, 5.41) is 2.49. The zero-order valence-electron chi connectivity index (χ0n) is 43.1. The molecule has 0 aliphatic heterocycles. The number of fused-ring (bicyclic) bond motifs is 6. The quantitative estimate of drug-likeness (QED) is 0.133. The molecule has 77 heavy (non-hydrogen) atoms. The highest BCUT2D eigenvalue weighted by molar-refractivity contribution is 6.11. The lowest BCUT2D eigenvalue weighted by atomic mass is 9.82. The number of anilines is 3. The molecule has 1 aromatic heterocycles. The second-order valence-corrected chi connectivity index (χ2v) is 20.9. The molecule has 0 N–H and O–H groups in total. The van der Waals surface area contributed by atoms with Crippen molar-refractivity contribution in [3.63, 3.8) is 0 Å². The normalized spacial score (nSPS) is 12.4. The number of rotatable bonds is 10. The summed E-state index contributed by atoms with van der Waals surface area (Å²) in [6, 6.07) is 107. The largest absolute Gasteiger partial charge is 0.310 e. The molecule has 12 aromatic carbocycles. The van der Waals surface area contributed by atoms with E-state index in [0.29, 0.717) is 0 Å². The second-order valence-electron chi connectivity index (χ2n) is 20.9. The Hall–Kier alpha value is -9.76. The molecule has 0 atom stereocenters. The Bertz CT molecular complexity index is 4160. The molecule has 1 aliphatic carbocycles. The Kier molecular flexibility index (Phi) is 11.2. The molecule has 13 aromatic rings. The smallest absolute Gasteiger partial charge is 0.0541 e. The van der Waals surface area contributed by atoms with E-state index < -0.39 is 0 Å². The van der Waals surface area contributed by atoms with Gasteiger partial charge >= 0.3 is 0 Å². The lowest BCUT2D eigenvalue weighted by Crippen LogP contribution is -2.17. The van der Waals surface area contributed by atoms with E-state index in [2.05, 4.69) is 315 Å². The number of para-hydroxylation sites is 1. The van der Waals surface area contributed by atoms with E-state index >= 15 is 0 Å². The van der Waals surface area contributed by atoms with Gasteiger partial charge in [0.25, 0.3) is 0 Å². The van der Waals surface area contributed by atoms with Crippen LogP contribution >= 0.6 is 0 Å². The summed E-state index contributed by atoms with van der Waals surface area (Å²) in [7, 11) is 0. The van der Waals surface area contributed by atoms with Gasteiger partial charge in [-0.2, -0.15) is 0 Å². The van der Waals surface area contributed by atoms with E-state index in [4.69, 9.17) is 0 Å². The van der Waals surface area contributed by atoms with Crippen molar-refractivity contribution in [2.75, 3.05) is 4.90 Å². The van der Waals surface area contributed by atoms with Crippen molar-refractivity contribution in [2.24, 2.45) is 0 Å². The lowest BCUT2D eigenvalue weighted by molar-refractivity contribution is 0.660. The average molecular weight is 983 g/mol. The molecule has 1 aliphatic rings. The minimum atomic E-state index is -0.277. The Balaban J connectivity index is 0.825. The maximum absolute atomic E-state index is 2.46. The van der Waals surface area contributed by atoms with E-state index in [0.717, 1.165) is 17.1 Å². The van der Waals surface area contributed by atoms with Gasteiger partial charge in [0.15, 0.2) is 0 Å². The first-order valence-electron chi connectivity index (χ1n) is 26.7. The molecule has 0 saturated heterocycles. The number of nitrogens with zero attached hydrogens (tertiary/aromatic N) is 2. The standard InChI is InChI=1S/C75H54N2/c1-75(2)71-49-63(43-45-67(71)68-46-44-64(50-72(68)75)77-73-25-15-14-24-69(73)70-48-60(38-47-74(70)77)66-23-13-12-22-65(66)59-20-10-5-11-21-59)76(61-39-34-57(35-40-61)55-30-26-53(27-31-55)51-16-6-3-7-17-51)62-41-36-58(37-42-62)56-32-28-54(29-33-56)52-18-8-4-9-19-52/h3-50H,1-2H3. The Morgan fingerprint density at radius 3 is 1.17 bits per heavy atom. The molecule has 0 spiro atoms. The Labute approximate surface area is 451 Å². The monoisotopic (exact) mass is 982 g/mol. The van der Waals surface area contributed by atoms with Gasteiger partial charge in [-0.1, -0.05) is 238 Å². The molecular formula is C75H54N2. The summed E-state index contributed by atoms with van der Waals surface area (Å²) in [6.07, 6.45) is 0. The molecule has 364 valence electrons.